The van der Waals surface area contributed by atoms with Crippen LogP contribution in [0, 0.1) is 23.7 Å². The van der Waals surface area contributed by atoms with Crippen LogP contribution in [0.1, 0.15) is 44.9 Å². The third-order valence-electron chi connectivity index (χ3n) is 5.21. The molecule has 0 amide bonds. The molecule has 1 fully saturated rings. The highest BCUT2D eigenvalue weighted by Gasteiger charge is 2.40. The van der Waals surface area contributed by atoms with E-state index in [2.05, 4.69) is 24.3 Å². The quantitative estimate of drug-likeness (QED) is 0.410. The Labute approximate surface area is 137 Å². The van der Waals surface area contributed by atoms with Gasteiger partial charge >= 0.3 is 11.9 Å². The van der Waals surface area contributed by atoms with Crippen LogP contribution in [0.4, 0.5) is 0 Å². The van der Waals surface area contributed by atoms with Gasteiger partial charge in [0.2, 0.25) is 0 Å². The molecule has 2 bridgehead atoms. The van der Waals surface area contributed by atoms with E-state index in [9.17, 15) is 9.59 Å². The van der Waals surface area contributed by atoms with Crippen molar-refractivity contribution in [1.29, 1.82) is 0 Å². The van der Waals surface area contributed by atoms with Crippen molar-refractivity contribution in [2.45, 2.75) is 44.9 Å². The smallest absolute Gasteiger partial charge is 0.309 e. The maximum Gasteiger partial charge on any atom is 0.309 e. The van der Waals surface area contributed by atoms with E-state index >= 15 is 0 Å². The minimum atomic E-state index is -0.0832. The maximum atomic E-state index is 12.0. The fourth-order valence-corrected chi connectivity index (χ4v) is 3.83. The number of carbonyl (C=O) groups excluding carboxylic acids is 2. The van der Waals surface area contributed by atoms with E-state index < -0.39 is 0 Å². The fourth-order valence-electron chi connectivity index (χ4n) is 3.83. The SMILES string of the molecule is O=C(OCCCCOC(=O)[C@@H]1C[C@H]2C=C[C@H]1C2)[C@@H]1CC=CCC1. The van der Waals surface area contributed by atoms with Crippen LogP contribution in [0.3, 0.4) is 0 Å². The first-order valence-corrected chi connectivity index (χ1v) is 8.90. The van der Waals surface area contributed by atoms with E-state index in [1.165, 1.54) is 0 Å². The van der Waals surface area contributed by atoms with Crippen LogP contribution in [0.2, 0.25) is 0 Å². The van der Waals surface area contributed by atoms with Gasteiger partial charge in [-0.2, -0.15) is 0 Å². The van der Waals surface area contributed by atoms with Crippen molar-refractivity contribution in [2.24, 2.45) is 23.7 Å². The molecule has 0 spiro atoms. The fraction of sp³-hybridized carbons (Fsp3) is 0.684. The standard InChI is InChI=1S/C19H26O4/c20-18(15-6-2-1-3-7-15)22-10-4-5-11-23-19(21)17-13-14-8-9-16(17)12-14/h1-2,8-9,14-17H,3-7,10-13H2/t14-,15+,16-,17+/m0/s1. The summed E-state index contributed by atoms with van der Waals surface area (Å²) in [6, 6.07) is 0. The average molecular weight is 318 g/mol. The summed E-state index contributed by atoms with van der Waals surface area (Å²) in [6.45, 7) is 0.855. The second-order valence-electron chi connectivity index (χ2n) is 6.91. The molecule has 0 radical (unpaired) electrons. The van der Waals surface area contributed by atoms with Gasteiger partial charge in [-0.15, -0.1) is 0 Å². The van der Waals surface area contributed by atoms with E-state index in [1.807, 2.05) is 0 Å². The van der Waals surface area contributed by atoms with Crippen LogP contribution in [0.15, 0.2) is 24.3 Å². The molecular weight excluding hydrogens is 292 g/mol. The lowest BCUT2D eigenvalue weighted by Gasteiger charge is -2.17. The van der Waals surface area contributed by atoms with E-state index in [0.717, 1.165) is 44.9 Å². The number of hydrogen-bond acceptors (Lipinski definition) is 4. The Hall–Kier alpha value is -1.58. The second-order valence-corrected chi connectivity index (χ2v) is 6.91. The molecule has 0 aromatic rings. The number of hydrogen-bond donors (Lipinski definition) is 0. The molecule has 0 aromatic heterocycles. The summed E-state index contributed by atoms with van der Waals surface area (Å²) in [5, 5.41) is 0. The molecule has 0 saturated heterocycles. The minimum Gasteiger partial charge on any atom is -0.465 e. The molecule has 4 atom stereocenters. The van der Waals surface area contributed by atoms with Gasteiger partial charge in [0.05, 0.1) is 25.0 Å². The molecule has 0 aromatic carbocycles. The summed E-state index contributed by atoms with van der Waals surface area (Å²) >= 11 is 0. The van der Waals surface area contributed by atoms with Crippen molar-refractivity contribution in [1.82, 2.24) is 0 Å². The van der Waals surface area contributed by atoms with Crippen molar-refractivity contribution in [2.75, 3.05) is 13.2 Å². The van der Waals surface area contributed by atoms with E-state index in [4.69, 9.17) is 9.47 Å². The molecule has 3 rings (SSSR count). The van der Waals surface area contributed by atoms with Gasteiger partial charge < -0.3 is 9.47 Å². The predicted molar refractivity (Wildman–Crippen MR) is 86.5 cm³/mol. The van der Waals surface area contributed by atoms with E-state index in [-0.39, 0.29) is 23.8 Å². The Kier molecular flexibility index (Phi) is 5.52. The normalized spacial score (nSPS) is 31.3. The molecule has 0 heterocycles. The van der Waals surface area contributed by atoms with E-state index in [0.29, 0.717) is 25.0 Å². The molecule has 4 heteroatoms. The Morgan fingerprint density at radius 1 is 0.957 bits per heavy atom. The van der Waals surface area contributed by atoms with Crippen LogP contribution in [0.25, 0.3) is 0 Å². The highest BCUT2D eigenvalue weighted by molar-refractivity contribution is 5.74. The maximum absolute atomic E-state index is 12.0. The first kappa shape index (κ1) is 16.3. The average Bonchev–Trinajstić information content (AvgIpc) is 3.21. The van der Waals surface area contributed by atoms with Gasteiger partial charge in [-0.25, -0.2) is 0 Å². The summed E-state index contributed by atoms with van der Waals surface area (Å²) in [6.07, 6.45) is 14.8. The van der Waals surface area contributed by atoms with Crippen LogP contribution < -0.4 is 0 Å². The zero-order valence-electron chi connectivity index (χ0n) is 13.6. The zero-order valence-corrected chi connectivity index (χ0v) is 13.6. The third-order valence-corrected chi connectivity index (χ3v) is 5.21. The lowest BCUT2D eigenvalue weighted by atomic mass is 9.94. The number of esters is 2. The molecular formula is C19H26O4. The van der Waals surface area contributed by atoms with Crippen LogP contribution in [-0.4, -0.2) is 25.2 Å². The van der Waals surface area contributed by atoms with Gasteiger partial charge in [0.1, 0.15) is 0 Å². The van der Waals surface area contributed by atoms with Crippen molar-refractivity contribution in [3.63, 3.8) is 0 Å². The molecule has 23 heavy (non-hydrogen) atoms. The Balaban J connectivity index is 1.23. The van der Waals surface area contributed by atoms with Crippen molar-refractivity contribution < 1.29 is 19.1 Å². The second kappa shape index (κ2) is 7.80. The molecule has 126 valence electrons. The minimum absolute atomic E-state index is 0.0312. The van der Waals surface area contributed by atoms with Gasteiger partial charge in [0.25, 0.3) is 0 Å². The molecule has 0 unspecified atom stereocenters. The summed E-state index contributed by atoms with van der Waals surface area (Å²) in [5.41, 5.74) is 0. The predicted octanol–water partition coefficient (Wildman–Crippen LogP) is 3.42. The van der Waals surface area contributed by atoms with Gasteiger partial charge in [-0.3, -0.25) is 9.59 Å². The van der Waals surface area contributed by atoms with Crippen molar-refractivity contribution >= 4 is 11.9 Å². The number of fused-ring (bicyclic) bond motifs is 2. The molecule has 0 N–H and O–H groups in total. The first-order chi connectivity index (χ1) is 11.2. The lowest BCUT2D eigenvalue weighted by molar-refractivity contribution is -0.151. The molecule has 0 aliphatic heterocycles. The summed E-state index contributed by atoms with van der Waals surface area (Å²) in [4.78, 5) is 23.9. The molecule has 3 aliphatic carbocycles. The topological polar surface area (TPSA) is 52.6 Å². The third kappa shape index (κ3) is 4.24. The van der Waals surface area contributed by atoms with Gasteiger partial charge in [0, 0.05) is 0 Å². The first-order valence-electron chi connectivity index (χ1n) is 8.90. The summed E-state index contributed by atoms with van der Waals surface area (Å²) in [7, 11) is 0. The number of rotatable bonds is 7. The number of unbranched alkanes of at least 4 members (excludes halogenated alkanes) is 1. The van der Waals surface area contributed by atoms with Gasteiger partial charge in [-0.1, -0.05) is 24.3 Å². The largest absolute Gasteiger partial charge is 0.465 e. The van der Waals surface area contributed by atoms with Crippen LogP contribution >= 0.6 is 0 Å². The van der Waals surface area contributed by atoms with Gasteiger partial charge in [0.15, 0.2) is 0 Å². The molecule has 3 aliphatic rings. The number of allylic oxidation sites excluding steroid dienone is 4. The molecule has 1 saturated carbocycles. The van der Waals surface area contributed by atoms with Gasteiger partial charge in [-0.05, 0) is 56.8 Å². The Morgan fingerprint density at radius 3 is 2.35 bits per heavy atom. The highest BCUT2D eigenvalue weighted by atomic mass is 16.5. The van der Waals surface area contributed by atoms with Crippen LogP contribution in [0.5, 0.6) is 0 Å². The number of ether oxygens (including phenoxy) is 2. The van der Waals surface area contributed by atoms with Crippen molar-refractivity contribution in [3.05, 3.63) is 24.3 Å². The number of carbonyl (C=O) groups is 2. The monoisotopic (exact) mass is 318 g/mol. The van der Waals surface area contributed by atoms with Crippen molar-refractivity contribution in [3.8, 4) is 0 Å². The molecule has 4 nitrogen and oxygen atoms in total. The lowest BCUT2D eigenvalue weighted by Crippen LogP contribution is -2.22. The summed E-state index contributed by atoms with van der Waals surface area (Å²) < 4.78 is 10.7. The van der Waals surface area contributed by atoms with Crippen LogP contribution in [-0.2, 0) is 19.1 Å². The van der Waals surface area contributed by atoms with E-state index in [1.54, 1.807) is 0 Å². The summed E-state index contributed by atoms with van der Waals surface area (Å²) in [5.74, 6) is 0.961. The zero-order chi connectivity index (χ0) is 16.1. The Bertz CT molecular complexity index is 494. The highest BCUT2D eigenvalue weighted by Crippen LogP contribution is 2.43. The Morgan fingerprint density at radius 2 is 1.74 bits per heavy atom.